The van der Waals surface area contributed by atoms with Gasteiger partial charge in [-0.3, -0.25) is 14.5 Å². The molecule has 0 N–H and O–H groups in total. The first-order chi connectivity index (χ1) is 3.72. The average molecular weight is 136 g/mol. The van der Waals surface area contributed by atoms with Gasteiger partial charge in [0.1, 0.15) is 0 Å². The molecule has 0 heterocycles. The van der Waals surface area contributed by atoms with E-state index in [-0.39, 0.29) is 0 Å². The van der Waals surface area contributed by atoms with Crippen LogP contribution in [0.1, 0.15) is 6.92 Å². The molecule has 8 heavy (non-hydrogen) atoms. The molecule has 0 aliphatic rings. The van der Waals surface area contributed by atoms with Crippen LogP contribution in [0.3, 0.4) is 0 Å². The summed E-state index contributed by atoms with van der Waals surface area (Å²) in [6, 6.07) is 0. The van der Waals surface area contributed by atoms with Crippen molar-refractivity contribution in [1.82, 2.24) is 4.90 Å². The highest BCUT2D eigenvalue weighted by molar-refractivity contribution is 6.63. The van der Waals surface area contributed by atoms with Gasteiger partial charge in [-0.2, -0.15) is 0 Å². The summed E-state index contributed by atoms with van der Waals surface area (Å²) >= 11 is 4.90. The highest BCUT2D eigenvalue weighted by atomic mass is 35.5. The van der Waals surface area contributed by atoms with E-state index in [4.69, 9.17) is 11.6 Å². The van der Waals surface area contributed by atoms with E-state index in [0.717, 1.165) is 4.90 Å². The van der Waals surface area contributed by atoms with Crippen molar-refractivity contribution < 1.29 is 9.59 Å². The van der Waals surface area contributed by atoms with Crippen LogP contribution in [-0.2, 0) is 4.79 Å². The van der Waals surface area contributed by atoms with E-state index in [1.807, 2.05) is 0 Å². The Labute approximate surface area is 52.2 Å². The van der Waals surface area contributed by atoms with Gasteiger partial charge in [0.25, 0.3) is 0 Å². The van der Waals surface area contributed by atoms with Gasteiger partial charge in [0.05, 0.1) is 0 Å². The first-order valence-corrected chi connectivity index (χ1v) is 2.51. The standard InChI is InChI=1S/C4H6ClNO2/c1-2-6(3-7)4(5)8/h3H,2H2,1H3. The summed E-state index contributed by atoms with van der Waals surface area (Å²) in [5, 5.41) is -0.734. The van der Waals surface area contributed by atoms with Crippen LogP contribution >= 0.6 is 11.6 Å². The fourth-order valence-electron chi connectivity index (χ4n) is 0.240. The molecule has 0 aliphatic heterocycles. The van der Waals surface area contributed by atoms with Crippen LogP contribution in [0.2, 0.25) is 0 Å². The van der Waals surface area contributed by atoms with Crippen LogP contribution in [0, 0.1) is 0 Å². The van der Waals surface area contributed by atoms with Crippen molar-refractivity contribution in [1.29, 1.82) is 0 Å². The number of imide groups is 1. The lowest BCUT2D eigenvalue weighted by molar-refractivity contribution is -0.115. The van der Waals surface area contributed by atoms with Crippen molar-refractivity contribution in [3.63, 3.8) is 0 Å². The number of carbonyl (C=O) groups is 2. The zero-order chi connectivity index (χ0) is 6.57. The second kappa shape index (κ2) is 3.43. The lowest BCUT2D eigenvalue weighted by Crippen LogP contribution is -2.23. The van der Waals surface area contributed by atoms with Crippen molar-refractivity contribution >= 4 is 23.4 Å². The lowest BCUT2D eigenvalue weighted by atomic mass is 10.7. The third-order valence-electron chi connectivity index (χ3n) is 0.694. The Morgan fingerprint density at radius 1 is 1.88 bits per heavy atom. The highest BCUT2D eigenvalue weighted by Gasteiger charge is 2.03. The van der Waals surface area contributed by atoms with Crippen LogP contribution in [0.15, 0.2) is 0 Å². The summed E-state index contributed by atoms with van der Waals surface area (Å²) in [4.78, 5) is 20.7. The Kier molecular flexibility index (Phi) is 3.19. The van der Waals surface area contributed by atoms with Crippen molar-refractivity contribution in [3.05, 3.63) is 0 Å². The van der Waals surface area contributed by atoms with Gasteiger partial charge in [-0.25, -0.2) is 0 Å². The summed E-state index contributed by atoms with van der Waals surface area (Å²) in [7, 11) is 0. The predicted octanol–water partition coefficient (Wildman–Crippen LogP) is 0.824. The molecule has 0 aromatic heterocycles. The summed E-state index contributed by atoms with van der Waals surface area (Å²) < 4.78 is 0. The van der Waals surface area contributed by atoms with Gasteiger partial charge in [-0.1, -0.05) is 0 Å². The minimum Gasteiger partial charge on any atom is -0.278 e. The molecular formula is C4H6ClNO2. The molecule has 0 atom stereocenters. The quantitative estimate of drug-likeness (QED) is 0.320. The van der Waals surface area contributed by atoms with Crippen LogP contribution < -0.4 is 0 Å². The minimum atomic E-state index is -0.734. The molecule has 0 fully saturated rings. The van der Waals surface area contributed by atoms with E-state index in [1.165, 1.54) is 0 Å². The number of hydrogen-bond donors (Lipinski definition) is 0. The molecule has 0 bridgehead atoms. The Hall–Kier alpha value is -0.570. The van der Waals surface area contributed by atoms with Gasteiger partial charge in [-0.15, -0.1) is 0 Å². The van der Waals surface area contributed by atoms with E-state index in [9.17, 15) is 9.59 Å². The van der Waals surface area contributed by atoms with E-state index < -0.39 is 5.37 Å². The van der Waals surface area contributed by atoms with Gasteiger partial charge in [0.2, 0.25) is 6.41 Å². The van der Waals surface area contributed by atoms with Crippen LogP contribution in [0.4, 0.5) is 4.79 Å². The fraction of sp³-hybridized carbons (Fsp3) is 0.500. The molecule has 3 nitrogen and oxygen atoms in total. The van der Waals surface area contributed by atoms with Crippen molar-refractivity contribution in [2.75, 3.05) is 6.54 Å². The normalized spacial score (nSPS) is 8.25. The summed E-state index contributed by atoms with van der Waals surface area (Å²) in [6.07, 6.45) is 0.398. The number of carbonyl (C=O) groups excluding carboxylic acids is 2. The molecule has 0 aromatic carbocycles. The molecule has 4 heteroatoms. The Balaban J connectivity index is 3.69. The van der Waals surface area contributed by atoms with Crippen molar-refractivity contribution in [2.24, 2.45) is 0 Å². The molecule has 46 valence electrons. The van der Waals surface area contributed by atoms with Gasteiger partial charge in [-0.05, 0) is 18.5 Å². The Morgan fingerprint density at radius 3 is 2.38 bits per heavy atom. The number of amides is 2. The number of hydrogen-bond acceptors (Lipinski definition) is 2. The number of halogens is 1. The molecule has 0 saturated carbocycles. The smallest absolute Gasteiger partial charge is 0.278 e. The van der Waals surface area contributed by atoms with E-state index in [2.05, 4.69) is 0 Å². The monoisotopic (exact) mass is 135 g/mol. The predicted molar refractivity (Wildman–Crippen MR) is 29.7 cm³/mol. The topological polar surface area (TPSA) is 37.4 Å². The number of nitrogens with zero attached hydrogens (tertiary/aromatic N) is 1. The molecule has 0 radical (unpaired) electrons. The molecular weight excluding hydrogens is 130 g/mol. The van der Waals surface area contributed by atoms with Crippen LogP contribution in [0.5, 0.6) is 0 Å². The van der Waals surface area contributed by atoms with Gasteiger partial charge < -0.3 is 0 Å². The molecule has 0 aromatic rings. The second-order valence-electron chi connectivity index (χ2n) is 1.14. The maximum absolute atomic E-state index is 10.1. The van der Waals surface area contributed by atoms with E-state index in [0.29, 0.717) is 13.0 Å². The fourth-order valence-corrected chi connectivity index (χ4v) is 0.400. The molecule has 0 unspecified atom stereocenters. The Bertz CT molecular complexity index is 104. The number of rotatable bonds is 2. The summed E-state index contributed by atoms with van der Waals surface area (Å²) in [6.45, 7) is 1.99. The molecule has 0 rings (SSSR count). The Morgan fingerprint density at radius 2 is 2.38 bits per heavy atom. The average Bonchev–Trinajstić information content (AvgIpc) is 1.69. The largest absolute Gasteiger partial charge is 0.322 e. The zero-order valence-electron chi connectivity index (χ0n) is 4.43. The van der Waals surface area contributed by atoms with Crippen molar-refractivity contribution in [2.45, 2.75) is 6.92 Å². The SMILES string of the molecule is CCN(C=O)C(=O)Cl. The maximum Gasteiger partial charge on any atom is 0.322 e. The van der Waals surface area contributed by atoms with Gasteiger partial charge in [0.15, 0.2) is 0 Å². The third-order valence-corrected chi connectivity index (χ3v) is 0.911. The van der Waals surface area contributed by atoms with Gasteiger partial charge >= 0.3 is 5.37 Å². The molecule has 0 aliphatic carbocycles. The van der Waals surface area contributed by atoms with E-state index in [1.54, 1.807) is 6.92 Å². The second-order valence-corrected chi connectivity index (χ2v) is 1.47. The minimum absolute atomic E-state index is 0.325. The zero-order valence-corrected chi connectivity index (χ0v) is 5.18. The van der Waals surface area contributed by atoms with Crippen LogP contribution in [-0.4, -0.2) is 23.2 Å². The van der Waals surface area contributed by atoms with E-state index >= 15 is 0 Å². The lowest BCUT2D eigenvalue weighted by Gasteiger charge is -2.04. The molecule has 2 amide bonds. The van der Waals surface area contributed by atoms with Crippen LogP contribution in [0.25, 0.3) is 0 Å². The summed E-state index contributed by atoms with van der Waals surface area (Å²) in [5.41, 5.74) is 0. The highest BCUT2D eigenvalue weighted by Crippen LogP contribution is 1.89. The first-order valence-electron chi connectivity index (χ1n) is 2.13. The van der Waals surface area contributed by atoms with Gasteiger partial charge in [0, 0.05) is 6.54 Å². The summed E-state index contributed by atoms with van der Waals surface area (Å²) in [5.74, 6) is 0. The van der Waals surface area contributed by atoms with Crippen molar-refractivity contribution in [3.8, 4) is 0 Å². The third kappa shape index (κ3) is 1.93. The first kappa shape index (κ1) is 7.43. The maximum atomic E-state index is 10.1. The molecule has 0 spiro atoms. The molecule has 0 saturated heterocycles.